The van der Waals surface area contributed by atoms with Crippen LogP contribution >= 0.6 is 0 Å². The molecule has 0 saturated heterocycles. The van der Waals surface area contributed by atoms with Gasteiger partial charge in [0, 0.05) is 47.3 Å². The fourth-order valence-corrected chi connectivity index (χ4v) is 3.34. The Kier molecular flexibility index (Phi) is 5.40. The monoisotopic (exact) mass is 437 g/mol. The molecule has 9 heteroatoms. The smallest absolute Gasteiger partial charge is 0.350 e. The number of anilines is 3. The molecule has 0 spiro atoms. The molecule has 4 rings (SSSR count). The Morgan fingerprint density at radius 1 is 1.12 bits per heavy atom. The Balaban J connectivity index is 1.78. The van der Waals surface area contributed by atoms with Gasteiger partial charge in [0.2, 0.25) is 5.91 Å². The highest BCUT2D eigenvalue weighted by atomic mass is 19.4. The molecule has 4 aromatic rings. The Bertz CT molecular complexity index is 1330. The zero-order valence-electron chi connectivity index (χ0n) is 16.9. The number of benzene rings is 2. The maximum atomic E-state index is 13.6. The van der Waals surface area contributed by atoms with Crippen molar-refractivity contribution < 1.29 is 18.0 Å². The summed E-state index contributed by atoms with van der Waals surface area (Å²) >= 11 is 0. The van der Waals surface area contributed by atoms with E-state index in [0.29, 0.717) is 16.9 Å². The summed E-state index contributed by atoms with van der Waals surface area (Å²) in [7, 11) is 1.85. The van der Waals surface area contributed by atoms with Gasteiger partial charge in [-0.25, -0.2) is 9.97 Å². The summed E-state index contributed by atoms with van der Waals surface area (Å²) in [5.74, 6) is -0.658. The van der Waals surface area contributed by atoms with Crippen LogP contribution < -0.4 is 10.6 Å². The number of halogens is 3. The Morgan fingerprint density at radius 2 is 1.88 bits per heavy atom. The minimum atomic E-state index is -4.66. The summed E-state index contributed by atoms with van der Waals surface area (Å²) in [5, 5.41) is 6.12. The zero-order valence-corrected chi connectivity index (χ0v) is 16.9. The number of nitrogens with zero attached hydrogens (tertiary/aromatic N) is 3. The lowest BCUT2D eigenvalue weighted by atomic mass is 10.1. The number of carbonyl (C=O) groups is 1. The van der Waals surface area contributed by atoms with E-state index in [2.05, 4.69) is 27.2 Å². The first kappa shape index (κ1) is 21.1. The van der Waals surface area contributed by atoms with Crippen molar-refractivity contribution in [2.75, 3.05) is 10.6 Å². The normalized spacial score (nSPS) is 11.4. The number of hydrogen-bond donors (Lipinski definition) is 2. The largest absolute Gasteiger partial charge is 0.421 e. The molecule has 0 aliphatic heterocycles. The van der Waals surface area contributed by atoms with E-state index in [0.717, 1.165) is 23.2 Å². The van der Waals surface area contributed by atoms with E-state index >= 15 is 0 Å². The fourth-order valence-electron chi connectivity index (χ4n) is 3.34. The van der Waals surface area contributed by atoms with Crippen LogP contribution in [0.4, 0.5) is 30.4 Å². The number of hydrogen-bond acceptors (Lipinski definition) is 4. The molecule has 6 nitrogen and oxygen atoms in total. The van der Waals surface area contributed by atoms with Crippen LogP contribution in [0.2, 0.25) is 0 Å². The highest BCUT2D eigenvalue weighted by Crippen LogP contribution is 2.37. The third-order valence-electron chi connectivity index (χ3n) is 4.81. The molecule has 0 unspecified atom stereocenters. The minimum absolute atomic E-state index is 0.161. The molecular formula is C23H18F3N5O. The van der Waals surface area contributed by atoms with Gasteiger partial charge >= 0.3 is 6.18 Å². The van der Waals surface area contributed by atoms with E-state index in [1.165, 1.54) is 6.07 Å². The van der Waals surface area contributed by atoms with Crippen LogP contribution in [0.1, 0.15) is 5.56 Å². The van der Waals surface area contributed by atoms with Gasteiger partial charge in [-0.05, 0) is 30.3 Å². The molecule has 1 amide bonds. The number of aryl methyl sites for hydroxylation is 1. The van der Waals surface area contributed by atoms with Crippen LogP contribution in [-0.4, -0.2) is 20.4 Å². The number of carbonyl (C=O) groups excluding carboxylic acids is 1. The first-order valence-corrected chi connectivity index (χ1v) is 9.55. The lowest BCUT2D eigenvalue weighted by molar-refractivity contribution is -0.137. The third kappa shape index (κ3) is 4.18. The van der Waals surface area contributed by atoms with Crippen molar-refractivity contribution >= 4 is 34.0 Å². The van der Waals surface area contributed by atoms with Crippen LogP contribution in [0, 0.1) is 0 Å². The Hall–Kier alpha value is -4.14. The van der Waals surface area contributed by atoms with Gasteiger partial charge in [0.15, 0.2) is 5.82 Å². The second-order valence-corrected chi connectivity index (χ2v) is 7.02. The standard InChI is InChI=1S/C23H18F3N5O/c1-3-20(32)28-14-7-6-8-15(11-14)29-22-18(23(24,25)26)12-27-21(30-22)17-13-31(2)19-10-5-4-9-16(17)19/h3-13H,1H2,2H3,(H,28,32)(H,27,29,30). The molecule has 0 radical (unpaired) electrons. The van der Waals surface area contributed by atoms with Gasteiger partial charge in [0.1, 0.15) is 11.4 Å². The van der Waals surface area contributed by atoms with Gasteiger partial charge in [-0.1, -0.05) is 30.8 Å². The fraction of sp³-hybridized carbons (Fsp3) is 0.0870. The van der Waals surface area contributed by atoms with Gasteiger partial charge in [-0.3, -0.25) is 4.79 Å². The van der Waals surface area contributed by atoms with Crippen molar-refractivity contribution in [1.29, 1.82) is 0 Å². The lowest BCUT2D eigenvalue weighted by Gasteiger charge is -2.15. The maximum Gasteiger partial charge on any atom is 0.421 e. The van der Waals surface area contributed by atoms with Gasteiger partial charge in [-0.2, -0.15) is 13.2 Å². The van der Waals surface area contributed by atoms with Crippen molar-refractivity contribution in [3.63, 3.8) is 0 Å². The van der Waals surface area contributed by atoms with Gasteiger partial charge in [0.05, 0.1) is 0 Å². The number of rotatable bonds is 5. The number of aromatic nitrogens is 3. The summed E-state index contributed by atoms with van der Waals surface area (Å²) in [6.45, 7) is 3.38. The van der Waals surface area contributed by atoms with Gasteiger partial charge in [0.25, 0.3) is 0 Å². The topological polar surface area (TPSA) is 71.8 Å². The summed E-state index contributed by atoms with van der Waals surface area (Å²) in [4.78, 5) is 19.7. The molecule has 2 N–H and O–H groups in total. The van der Waals surface area contributed by atoms with Crippen molar-refractivity contribution in [3.8, 4) is 11.4 Å². The van der Waals surface area contributed by atoms with E-state index in [-0.39, 0.29) is 11.6 Å². The van der Waals surface area contributed by atoms with E-state index < -0.39 is 17.6 Å². The Morgan fingerprint density at radius 3 is 2.62 bits per heavy atom. The number of fused-ring (bicyclic) bond motifs is 1. The van der Waals surface area contributed by atoms with Crippen LogP contribution in [0.5, 0.6) is 0 Å². The molecule has 0 bridgehead atoms. The average Bonchev–Trinajstić information content (AvgIpc) is 3.10. The molecule has 0 saturated carbocycles. The second kappa shape index (κ2) is 8.18. The maximum absolute atomic E-state index is 13.6. The van der Waals surface area contributed by atoms with Crippen molar-refractivity contribution in [3.05, 3.63) is 79.1 Å². The molecule has 162 valence electrons. The molecule has 2 aromatic heterocycles. The molecule has 0 aliphatic carbocycles. The van der Waals surface area contributed by atoms with Crippen LogP contribution in [0.25, 0.3) is 22.3 Å². The molecule has 0 atom stereocenters. The molecule has 32 heavy (non-hydrogen) atoms. The van der Waals surface area contributed by atoms with Crippen LogP contribution in [0.3, 0.4) is 0 Å². The first-order chi connectivity index (χ1) is 15.3. The number of nitrogens with one attached hydrogen (secondary N) is 2. The van der Waals surface area contributed by atoms with Crippen LogP contribution in [0.15, 0.2) is 73.6 Å². The quantitative estimate of drug-likeness (QED) is 0.403. The van der Waals surface area contributed by atoms with E-state index in [9.17, 15) is 18.0 Å². The van der Waals surface area contributed by atoms with E-state index in [1.54, 1.807) is 24.4 Å². The highest BCUT2D eigenvalue weighted by molar-refractivity contribution is 5.99. The summed E-state index contributed by atoms with van der Waals surface area (Å²) < 4.78 is 42.8. The highest BCUT2D eigenvalue weighted by Gasteiger charge is 2.35. The van der Waals surface area contributed by atoms with E-state index in [4.69, 9.17) is 0 Å². The number of alkyl halides is 3. The second-order valence-electron chi connectivity index (χ2n) is 7.02. The minimum Gasteiger partial charge on any atom is -0.350 e. The molecule has 0 aliphatic rings. The van der Waals surface area contributed by atoms with Crippen molar-refractivity contribution in [2.24, 2.45) is 7.05 Å². The third-order valence-corrected chi connectivity index (χ3v) is 4.81. The first-order valence-electron chi connectivity index (χ1n) is 9.55. The molecular weight excluding hydrogens is 419 g/mol. The summed E-state index contributed by atoms with van der Waals surface area (Å²) in [6.07, 6.45) is -1.00. The summed E-state index contributed by atoms with van der Waals surface area (Å²) in [6, 6.07) is 13.8. The zero-order chi connectivity index (χ0) is 22.9. The van der Waals surface area contributed by atoms with Crippen molar-refractivity contribution in [1.82, 2.24) is 14.5 Å². The van der Waals surface area contributed by atoms with Gasteiger partial charge in [-0.15, -0.1) is 0 Å². The molecule has 0 fully saturated rings. The molecule has 2 heterocycles. The van der Waals surface area contributed by atoms with Gasteiger partial charge < -0.3 is 15.2 Å². The summed E-state index contributed by atoms with van der Waals surface area (Å²) in [5.41, 5.74) is 1.25. The molecule has 2 aromatic carbocycles. The number of amides is 1. The predicted octanol–water partition coefficient (Wildman–Crippen LogP) is 5.52. The Labute approximate surface area is 181 Å². The van der Waals surface area contributed by atoms with Crippen molar-refractivity contribution in [2.45, 2.75) is 6.18 Å². The lowest BCUT2D eigenvalue weighted by Crippen LogP contribution is -2.12. The number of para-hydroxylation sites is 1. The van der Waals surface area contributed by atoms with E-state index in [1.807, 2.05) is 35.9 Å². The van der Waals surface area contributed by atoms with Crippen LogP contribution in [-0.2, 0) is 18.0 Å². The SMILES string of the molecule is C=CC(=O)Nc1cccc(Nc2nc(-c3cn(C)c4ccccc34)ncc2C(F)(F)F)c1. The average molecular weight is 437 g/mol. The predicted molar refractivity (Wildman–Crippen MR) is 117 cm³/mol.